The van der Waals surface area contributed by atoms with Gasteiger partial charge in [-0.2, -0.15) is 5.10 Å². The molecule has 0 unspecified atom stereocenters. The number of urea groups is 1. The van der Waals surface area contributed by atoms with E-state index in [9.17, 15) is 9.18 Å². The van der Waals surface area contributed by atoms with Crippen LogP contribution in [0.3, 0.4) is 0 Å². The topological polar surface area (TPSA) is 73.9 Å². The number of rotatable bonds is 3. The maximum Gasteiger partial charge on any atom is 0.317 e. The van der Waals surface area contributed by atoms with E-state index in [1.807, 2.05) is 11.8 Å². The van der Waals surface area contributed by atoms with Crippen molar-refractivity contribution in [3.63, 3.8) is 0 Å². The van der Waals surface area contributed by atoms with Crippen molar-refractivity contribution in [2.75, 3.05) is 13.1 Å². The summed E-state index contributed by atoms with van der Waals surface area (Å²) in [6.45, 7) is 6.78. The molecule has 2 N–H and O–H groups in total. The lowest BCUT2D eigenvalue weighted by Gasteiger charge is -2.32. The normalized spacial score (nSPS) is 16.7. The van der Waals surface area contributed by atoms with E-state index in [2.05, 4.69) is 20.5 Å². The molecule has 3 rings (SSSR count). The molecule has 1 saturated heterocycles. The summed E-state index contributed by atoms with van der Waals surface area (Å²) in [4.78, 5) is 18.5. The maximum atomic E-state index is 13.8. The summed E-state index contributed by atoms with van der Waals surface area (Å²) >= 11 is 0. The number of H-pyrrole nitrogens is 1. The standard InChI is InChI=1S/C18H24FN5O/c1-11-8-15(9-12(2)16(11)19)13(3)22-18(25)24-6-4-14(5-7-24)17-20-10-21-23-17/h8-10,13-14H,4-7H2,1-3H3,(H,22,25)(H,20,21,23)/t13-/m1/s1. The minimum Gasteiger partial charge on any atom is -0.331 e. The number of likely N-dealkylation sites (tertiary alicyclic amines) is 1. The van der Waals surface area contributed by atoms with Gasteiger partial charge in [0.2, 0.25) is 0 Å². The Morgan fingerprint density at radius 2 is 1.96 bits per heavy atom. The molecule has 0 radical (unpaired) electrons. The first-order chi connectivity index (χ1) is 12.0. The summed E-state index contributed by atoms with van der Waals surface area (Å²) < 4.78 is 13.8. The van der Waals surface area contributed by atoms with Gasteiger partial charge >= 0.3 is 6.03 Å². The SMILES string of the molecule is Cc1cc([C@@H](C)NC(=O)N2CCC(c3ncn[nH]3)CC2)cc(C)c1F. The molecule has 1 aromatic heterocycles. The minimum atomic E-state index is -0.184. The van der Waals surface area contributed by atoms with Crippen LogP contribution in [-0.4, -0.2) is 39.2 Å². The zero-order valence-electron chi connectivity index (χ0n) is 14.8. The van der Waals surface area contributed by atoms with E-state index in [0.717, 1.165) is 24.2 Å². The first kappa shape index (κ1) is 17.4. The number of amides is 2. The van der Waals surface area contributed by atoms with Crippen molar-refractivity contribution in [2.45, 2.75) is 45.6 Å². The Labute approximate surface area is 146 Å². The third kappa shape index (κ3) is 3.81. The molecule has 1 aliphatic heterocycles. The lowest BCUT2D eigenvalue weighted by molar-refractivity contribution is 0.177. The predicted octanol–water partition coefficient (Wildman–Crippen LogP) is 3.21. The maximum absolute atomic E-state index is 13.8. The Hall–Kier alpha value is -2.44. The van der Waals surface area contributed by atoms with Crippen molar-refractivity contribution >= 4 is 6.03 Å². The van der Waals surface area contributed by atoms with Crippen molar-refractivity contribution in [2.24, 2.45) is 0 Å². The first-order valence-electron chi connectivity index (χ1n) is 8.63. The summed E-state index contributed by atoms with van der Waals surface area (Å²) in [5.74, 6) is 1.04. The van der Waals surface area contributed by atoms with Crippen LogP contribution in [0, 0.1) is 19.7 Å². The zero-order valence-corrected chi connectivity index (χ0v) is 14.8. The summed E-state index contributed by atoms with van der Waals surface area (Å²) in [5.41, 5.74) is 2.12. The number of nitrogens with zero attached hydrogens (tertiary/aromatic N) is 3. The summed E-state index contributed by atoms with van der Waals surface area (Å²) in [6.07, 6.45) is 3.25. The van der Waals surface area contributed by atoms with Crippen LogP contribution in [-0.2, 0) is 0 Å². The number of benzene rings is 1. The number of aromatic amines is 1. The second kappa shape index (κ2) is 7.21. The number of carbonyl (C=O) groups is 1. The Morgan fingerprint density at radius 3 is 2.52 bits per heavy atom. The van der Waals surface area contributed by atoms with Crippen molar-refractivity contribution in [3.05, 3.63) is 46.8 Å². The molecule has 2 heterocycles. The Kier molecular flexibility index (Phi) is 5.01. The van der Waals surface area contributed by atoms with Crippen molar-refractivity contribution in [3.8, 4) is 0 Å². The molecule has 1 aromatic carbocycles. The molecule has 0 spiro atoms. The number of carbonyl (C=O) groups excluding carboxylic acids is 1. The van der Waals surface area contributed by atoms with E-state index in [0.29, 0.717) is 30.1 Å². The summed E-state index contributed by atoms with van der Waals surface area (Å²) in [7, 11) is 0. The van der Waals surface area contributed by atoms with Crippen LogP contribution in [0.2, 0.25) is 0 Å². The fraction of sp³-hybridized carbons (Fsp3) is 0.500. The molecule has 1 aliphatic rings. The predicted molar refractivity (Wildman–Crippen MR) is 92.8 cm³/mol. The highest BCUT2D eigenvalue weighted by molar-refractivity contribution is 5.74. The van der Waals surface area contributed by atoms with E-state index in [-0.39, 0.29) is 17.9 Å². The van der Waals surface area contributed by atoms with E-state index >= 15 is 0 Å². The number of hydrogen-bond donors (Lipinski definition) is 2. The van der Waals surface area contributed by atoms with Crippen molar-refractivity contribution in [1.82, 2.24) is 25.4 Å². The van der Waals surface area contributed by atoms with E-state index in [4.69, 9.17) is 0 Å². The van der Waals surface area contributed by atoms with Gasteiger partial charge in [0.05, 0.1) is 6.04 Å². The number of nitrogens with one attached hydrogen (secondary N) is 2. The van der Waals surface area contributed by atoms with Crippen LogP contribution in [0.15, 0.2) is 18.5 Å². The minimum absolute atomic E-state index is 0.0804. The summed E-state index contributed by atoms with van der Waals surface area (Å²) in [5, 5.41) is 9.82. The summed E-state index contributed by atoms with van der Waals surface area (Å²) in [6, 6.07) is 3.34. The molecule has 1 fully saturated rings. The van der Waals surface area contributed by atoms with Crippen LogP contribution in [0.4, 0.5) is 9.18 Å². The molecule has 0 aliphatic carbocycles. The van der Waals surface area contributed by atoms with Crippen LogP contribution in [0.1, 0.15) is 54.2 Å². The number of halogens is 1. The highest BCUT2D eigenvalue weighted by Gasteiger charge is 2.26. The second-order valence-corrected chi connectivity index (χ2v) is 6.77. The van der Waals surface area contributed by atoms with E-state index in [1.54, 1.807) is 26.0 Å². The molecule has 134 valence electrons. The highest BCUT2D eigenvalue weighted by Crippen LogP contribution is 2.25. The molecule has 25 heavy (non-hydrogen) atoms. The molecule has 0 bridgehead atoms. The van der Waals surface area contributed by atoms with Crippen LogP contribution >= 0.6 is 0 Å². The Balaban J connectivity index is 1.57. The van der Waals surface area contributed by atoms with E-state index in [1.165, 1.54) is 6.33 Å². The average molecular weight is 345 g/mol. The van der Waals surface area contributed by atoms with Gasteiger partial charge in [-0.15, -0.1) is 0 Å². The lowest BCUT2D eigenvalue weighted by Crippen LogP contribution is -2.45. The molecule has 7 heteroatoms. The first-order valence-corrected chi connectivity index (χ1v) is 8.63. The Morgan fingerprint density at radius 1 is 1.32 bits per heavy atom. The third-order valence-electron chi connectivity index (χ3n) is 4.90. The molecular weight excluding hydrogens is 321 g/mol. The van der Waals surface area contributed by atoms with Gasteiger partial charge in [-0.25, -0.2) is 14.2 Å². The smallest absolute Gasteiger partial charge is 0.317 e. The van der Waals surface area contributed by atoms with E-state index < -0.39 is 0 Å². The zero-order chi connectivity index (χ0) is 18.0. The molecule has 2 aromatic rings. The lowest BCUT2D eigenvalue weighted by atomic mass is 9.96. The highest BCUT2D eigenvalue weighted by atomic mass is 19.1. The Bertz CT molecular complexity index is 715. The van der Waals surface area contributed by atoms with Gasteiger partial charge < -0.3 is 10.2 Å². The van der Waals surface area contributed by atoms with Crippen LogP contribution in [0.25, 0.3) is 0 Å². The van der Waals surface area contributed by atoms with Crippen LogP contribution < -0.4 is 5.32 Å². The number of aromatic nitrogens is 3. The van der Waals surface area contributed by atoms with Crippen molar-refractivity contribution < 1.29 is 9.18 Å². The fourth-order valence-electron chi connectivity index (χ4n) is 3.36. The van der Waals surface area contributed by atoms with Gasteiger partial charge in [0, 0.05) is 19.0 Å². The number of hydrogen-bond acceptors (Lipinski definition) is 3. The fourth-order valence-corrected chi connectivity index (χ4v) is 3.36. The van der Waals surface area contributed by atoms with Gasteiger partial charge in [0.25, 0.3) is 0 Å². The molecule has 6 nitrogen and oxygen atoms in total. The molecular formula is C18H24FN5O. The quantitative estimate of drug-likeness (QED) is 0.897. The number of aryl methyl sites for hydroxylation is 2. The molecule has 1 atom stereocenters. The number of piperidine rings is 1. The van der Waals surface area contributed by atoms with Gasteiger partial charge in [-0.05, 0) is 50.3 Å². The van der Waals surface area contributed by atoms with Gasteiger partial charge in [-0.3, -0.25) is 5.10 Å². The van der Waals surface area contributed by atoms with Gasteiger partial charge in [-0.1, -0.05) is 12.1 Å². The molecule has 0 saturated carbocycles. The third-order valence-corrected chi connectivity index (χ3v) is 4.90. The van der Waals surface area contributed by atoms with Crippen molar-refractivity contribution in [1.29, 1.82) is 0 Å². The van der Waals surface area contributed by atoms with Gasteiger partial charge in [0.15, 0.2) is 0 Å². The monoisotopic (exact) mass is 345 g/mol. The second-order valence-electron chi connectivity index (χ2n) is 6.77. The van der Waals surface area contributed by atoms with Gasteiger partial charge in [0.1, 0.15) is 18.0 Å². The van der Waals surface area contributed by atoms with Crippen LogP contribution in [0.5, 0.6) is 0 Å². The molecule has 2 amide bonds. The largest absolute Gasteiger partial charge is 0.331 e. The average Bonchev–Trinajstić information content (AvgIpc) is 3.14.